The molecular weight excluding hydrogens is 154 g/mol. The fourth-order valence-corrected chi connectivity index (χ4v) is 1.10. The molecule has 1 aromatic carbocycles. The van der Waals surface area contributed by atoms with Crippen LogP contribution in [0.2, 0.25) is 0 Å². The quantitative estimate of drug-likeness (QED) is 0.629. The number of phenols is 2. The average Bonchev–Trinajstić information content (AvgIpc) is 2.04. The molecule has 3 nitrogen and oxygen atoms in total. The highest BCUT2D eigenvalue weighted by molar-refractivity contribution is 5.42. The lowest BCUT2D eigenvalue weighted by Crippen LogP contribution is -2.00. The van der Waals surface area contributed by atoms with Crippen LogP contribution in [-0.2, 0) is 6.42 Å². The number of hydrogen-bond donors (Lipinski definition) is 3. The number of rotatable bonds is 3. The molecule has 0 saturated heterocycles. The van der Waals surface area contributed by atoms with Gasteiger partial charge in [0, 0.05) is 5.56 Å². The second kappa shape index (κ2) is 3.97. The van der Waals surface area contributed by atoms with E-state index in [0.717, 1.165) is 6.42 Å². The molecule has 0 fully saturated rings. The molecule has 12 heavy (non-hydrogen) atoms. The summed E-state index contributed by atoms with van der Waals surface area (Å²) < 4.78 is 0. The van der Waals surface area contributed by atoms with E-state index in [4.69, 9.17) is 5.73 Å². The van der Waals surface area contributed by atoms with E-state index in [1.165, 1.54) is 0 Å². The van der Waals surface area contributed by atoms with E-state index in [1.54, 1.807) is 18.2 Å². The van der Waals surface area contributed by atoms with E-state index in [0.29, 0.717) is 18.5 Å². The van der Waals surface area contributed by atoms with Crippen molar-refractivity contribution in [2.45, 2.75) is 12.8 Å². The molecule has 0 bridgehead atoms. The van der Waals surface area contributed by atoms with Gasteiger partial charge in [0.25, 0.3) is 0 Å². The van der Waals surface area contributed by atoms with Crippen molar-refractivity contribution in [1.82, 2.24) is 0 Å². The summed E-state index contributed by atoms with van der Waals surface area (Å²) in [6.45, 7) is 0.563. The fraction of sp³-hybridized carbons (Fsp3) is 0.333. The zero-order valence-corrected chi connectivity index (χ0v) is 6.83. The van der Waals surface area contributed by atoms with Crippen LogP contribution in [0.4, 0.5) is 0 Å². The van der Waals surface area contributed by atoms with Crippen molar-refractivity contribution in [2.75, 3.05) is 6.54 Å². The lowest BCUT2D eigenvalue weighted by atomic mass is 10.1. The van der Waals surface area contributed by atoms with Gasteiger partial charge in [-0.15, -0.1) is 0 Å². The van der Waals surface area contributed by atoms with Gasteiger partial charge in [-0.2, -0.15) is 0 Å². The maximum absolute atomic E-state index is 9.32. The Bertz CT molecular complexity index is 240. The molecule has 3 heteroatoms. The molecule has 1 rings (SSSR count). The van der Waals surface area contributed by atoms with E-state index >= 15 is 0 Å². The van der Waals surface area contributed by atoms with Gasteiger partial charge in [0.15, 0.2) is 0 Å². The van der Waals surface area contributed by atoms with E-state index in [9.17, 15) is 10.2 Å². The van der Waals surface area contributed by atoms with Crippen molar-refractivity contribution in [2.24, 2.45) is 5.73 Å². The van der Waals surface area contributed by atoms with Gasteiger partial charge in [-0.05, 0) is 31.5 Å². The zero-order valence-electron chi connectivity index (χ0n) is 6.83. The Kier molecular flexibility index (Phi) is 2.94. The Balaban J connectivity index is 2.81. The molecule has 0 amide bonds. The van der Waals surface area contributed by atoms with Crippen LogP contribution < -0.4 is 5.73 Å². The van der Waals surface area contributed by atoms with Crippen LogP contribution in [0.15, 0.2) is 18.2 Å². The van der Waals surface area contributed by atoms with Crippen LogP contribution in [0.25, 0.3) is 0 Å². The van der Waals surface area contributed by atoms with Gasteiger partial charge < -0.3 is 15.9 Å². The summed E-state index contributed by atoms with van der Waals surface area (Å²) in [5.74, 6) is 0.284. The molecule has 0 atom stereocenters. The van der Waals surface area contributed by atoms with Gasteiger partial charge in [-0.1, -0.05) is 6.07 Å². The summed E-state index contributed by atoms with van der Waals surface area (Å²) in [6.07, 6.45) is 1.39. The summed E-state index contributed by atoms with van der Waals surface area (Å²) in [5.41, 5.74) is 5.90. The minimum atomic E-state index is 0.142. The van der Waals surface area contributed by atoms with Crippen LogP contribution in [0.1, 0.15) is 12.0 Å². The Morgan fingerprint density at radius 2 is 1.75 bits per heavy atom. The molecule has 0 aliphatic heterocycles. The monoisotopic (exact) mass is 167 g/mol. The van der Waals surface area contributed by atoms with Gasteiger partial charge >= 0.3 is 0 Å². The predicted molar refractivity (Wildman–Crippen MR) is 47.1 cm³/mol. The highest BCUT2D eigenvalue weighted by Gasteiger charge is 2.04. The summed E-state index contributed by atoms with van der Waals surface area (Å²) >= 11 is 0. The summed E-state index contributed by atoms with van der Waals surface area (Å²) in [4.78, 5) is 0. The minimum absolute atomic E-state index is 0.142. The van der Waals surface area contributed by atoms with Gasteiger partial charge in [-0.3, -0.25) is 0 Å². The molecule has 0 aliphatic rings. The zero-order chi connectivity index (χ0) is 8.97. The molecule has 0 radical (unpaired) electrons. The first-order valence-electron chi connectivity index (χ1n) is 3.95. The Morgan fingerprint density at radius 3 is 2.25 bits per heavy atom. The van der Waals surface area contributed by atoms with Crippen LogP contribution in [0.5, 0.6) is 11.5 Å². The van der Waals surface area contributed by atoms with Crippen LogP contribution in [-0.4, -0.2) is 16.8 Å². The summed E-state index contributed by atoms with van der Waals surface area (Å²) in [7, 11) is 0. The molecule has 0 spiro atoms. The molecule has 4 N–H and O–H groups in total. The van der Waals surface area contributed by atoms with Gasteiger partial charge in [0.1, 0.15) is 11.5 Å². The molecule has 0 heterocycles. The smallest absolute Gasteiger partial charge is 0.122 e. The first-order valence-corrected chi connectivity index (χ1v) is 3.95. The number of benzene rings is 1. The van der Waals surface area contributed by atoms with Crippen LogP contribution in [0, 0.1) is 0 Å². The normalized spacial score (nSPS) is 10.1. The van der Waals surface area contributed by atoms with Crippen LogP contribution >= 0.6 is 0 Å². The average molecular weight is 167 g/mol. The molecule has 0 unspecified atom stereocenters. The predicted octanol–water partition coefficient (Wildman–Crippen LogP) is 0.989. The highest BCUT2D eigenvalue weighted by atomic mass is 16.3. The summed E-state index contributed by atoms with van der Waals surface area (Å²) in [5, 5.41) is 18.6. The van der Waals surface area contributed by atoms with Crippen molar-refractivity contribution in [3.05, 3.63) is 23.8 Å². The number of nitrogens with two attached hydrogens (primary N) is 1. The lowest BCUT2D eigenvalue weighted by molar-refractivity contribution is 0.437. The second-order valence-electron chi connectivity index (χ2n) is 2.67. The standard InChI is InChI=1S/C9H13NO2/c10-6-2-3-7-8(11)4-1-5-9(7)12/h1,4-5,11-12H,2-3,6,10H2. The SMILES string of the molecule is NCCCc1c(O)cccc1O. The van der Waals surface area contributed by atoms with E-state index in [-0.39, 0.29) is 11.5 Å². The minimum Gasteiger partial charge on any atom is -0.508 e. The van der Waals surface area contributed by atoms with Crippen molar-refractivity contribution in [3.8, 4) is 11.5 Å². The van der Waals surface area contributed by atoms with Crippen molar-refractivity contribution >= 4 is 0 Å². The van der Waals surface area contributed by atoms with Gasteiger partial charge in [0.2, 0.25) is 0 Å². The Hall–Kier alpha value is -1.22. The van der Waals surface area contributed by atoms with E-state index in [2.05, 4.69) is 0 Å². The lowest BCUT2D eigenvalue weighted by Gasteiger charge is -2.05. The number of phenolic OH excluding ortho intramolecular Hbond substituents is 2. The first-order chi connectivity index (χ1) is 5.75. The Labute approximate surface area is 71.5 Å². The largest absolute Gasteiger partial charge is 0.508 e. The van der Waals surface area contributed by atoms with Crippen LogP contribution in [0.3, 0.4) is 0 Å². The number of aromatic hydroxyl groups is 2. The maximum atomic E-state index is 9.32. The molecule has 0 aliphatic carbocycles. The topological polar surface area (TPSA) is 66.5 Å². The fourth-order valence-electron chi connectivity index (χ4n) is 1.10. The Morgan fingerprint density at radius 1 is 1.17 bits per heavy atom. The highest BCUT2D eigenvalue weighted by Crippen LogP contribution is 2.26. The van der Waals surface area contributed by atoms with Gasteiger partial charge in [0.05, 0.1) is 0 Å². The molecule has 66 valence electrons. The van der Waals surface area contributed by atoms with E-state index < -0.39 is 0 Å². The number of hydrogen-bond acceptors (Lipinski definition) is 3. The van der Waals surface area contributed by atoms with Gasteiger partial charge in [-0.25, -0.2) is 0 Å². The second-order valence-corrected chi connectivity index (χ2v) is 2.67. The maximum Gasteiger partial charge on any atom is 0.122 e. The van der Waals surface area contributed by atoms with Crippen molar-refractivity contribution in [1.29, 1.82) is 0 Å². The van der Waals surface area contributed by atoms with Crippen molar-refractivity contribution in [3.63, 3.8) is 0 Å². The molecule has 1 aromatic rings. The molecular formula is C9H13NO2. The molecule has 0 aromatic heterocycles. The van der Waals surface area contributed by atoms with E-state index in [1.807, 2.05) is 0 Å². The third kappa shape index (κ3) is 1.89. The molecule has 0 saturated carbocycles. The van der Waals surface area contributed by atoms with Crippen molar-refractivity contribution < 1.29 is 10.2 Å². The third-order valence-corrected chi connectivity index (χ3v) is 1.76. The third-order valence-electron chi connectivity index (χ3n) is 1.76. The first kappa shape index (κ1) is 8.87. The summed E-state index contributed by atoms with van der Waals surface area (Å²) in [6, 6.07) is 4.73.